The molecule has 0 aliphatic heterocycles. The van der Waals surface area contributed by atoms with Gasteiger partial charge in [-0.3, -0.25) is 9.79 Å². The van der Waals surface area contributed by atoms with Crippen LogP contribution < -0.4 is 4.90 Å². The number of anilines is 1. The van der Waals surface area contributed by atoms with Gasteiger partial charge in [0.2, 0.25) is 0 Å². The Hall–Kier alpha value is -2.88. The van der Waals surface area contributed by atoms with Crippen molar-refractivity contribution in [3.8, 4) is 0 Å². The fourth-order valence-corrected chi connectivity index (χ4v) is 3.45. The number of rotatable bonds is 6. The maximum Gasteiger partial charge on any atom is 0.150 e. The molecule has 0 N–H and O–H groups in total. The first-order chi connectivity index (χ1) is 12.1. The molecule has 3 aromatic rings. The molecule has 128 valence electrons. The molecule has 0 saturated heterocycles. The van der Waals surface area contributed by atoms with Crippen LogP contribution in [-0.4, -0.2) is 24.6 Å². The van der Waals surface area contributed by atoms with E-state index in [1.165, 1.54) is 22.2 Å². The lowest BCUT2D eigenvalue weighted by molar-refractivity contribution is 0.112. The number of para-hydroxylation sites is 1. The summed E-state index contributed by atoms with van der Waals surface area (Å²) < 4.78 is 2.36. The van der Waals surface area contributed by atoms with Crippen LogP contribution >= 0.6 is 0 Å². The summed E-state index contributed by atoms with van der Waals surface area (Å²) in [7, 11) is 2.04. The molecular formula is C21H23N3O. The van der Waals surface area contributed by atoms with Gasteiger partial charge in [0.05, 0.1) is 23.4 Å². The first-order valence-corrected chi connectivity index (χ1v) is 8.43. The van der Waals surface area contributed by atoms with Crippen LogP contribution in [-0.2, 0) is 13.1 Å². The van der Waals surface area contributed by atoms with Crippen molar-refractivity contribution < 1.29 is 4.79 Å². The Labute approximate surface area is 148 Å². The van der Waals surface area contributed by atoms with E-state index < -0.39 is 0 Å². The minimum absolute atomic E-state index is 0.609. The molecule has 0 unspecified atom stereocenters. The van der Waals surface area contributed by atoms with Crippen LogP contribution in [0.2, 0.25) is 0 Å². The Morgan fingerprint density at radius 3 is 2.72 bits per heavy atom. The van der Waals surface area contributed by atoms with Gasteiger partial charge in [-0.15, -0.1) is 0 Å². The van der Waals surface area contributed by atoms with Crippen molar-refractivity contribution in [2.75, 3.05) is 11.9 Å². The molecule has 1 heterocycles. The number of nitrogens with zero attached hydrogens (tertiary/aromatic N) is 3. The molecule has 2 aromatic carbocycles. The van der Waals surface area contributed by atoms with Gasteiger partial charge in [-0.25, -0.2) is 0 Å². The average Bonchev–Trinajstić information content (AvgIpc) is 2.99. The third kappa shape index (κ3) is 3.07. The average molecular weight is 333 g/mol. The van der Waals surface area contributed by atoms with Gasteiger partial charge < -0.3 is 9.47 Å². The van der Waals surface area contributed by atoms with Crippen molar-refractivity contribution in [3.63, 3.8) is 0 Å². The van der Waals surface area contributed by atoms with Crippen LogP contribution in [0.25, 0.3) is 10.9 Å². The molecule has 4 nitrogen and oxygen atoms in total. The first kappa shape index (κ1) is 17.0. The Kier molecular flexibility index (Phi) is 4.70. The Morgan fingerprint density at radius 2 is 2.04 bits per heavy atom. The van der Waals surface area contributed by atoms with E-state index in [-0.39, 0.29) is 0 Å². The van der Waals surface area contributed by atoms with Crippen LogP contribution in [0, 0.1) is 6.92 Å². The highest BCUT2D eigenvalue weighted by molar-refractivity contribution is 5.85. The fraction of sp³-hybridized carbons (Fsp3) is 0.238. The molecule has 1 aromatic heterocycles. The molecule has 0 amide bonds. The summed E-state index contributed by atoms with van der Waals surface area (Å²) in [6.07, 6.45) is 0.830. The molecule has 0 atom stereocenters. The smallest absolute Gasteiger partial charge is 0.150 e. The number of fused-ring (bicyclic) bond motifs is 1. The second-order valence-electron chi connectivity index (χ2n) is 6.27. The predicted octanol–water partition coefficient (Wildman–Crippen LogP) is 4.75. The molecule has 0 saturated carbocycles. The standard InChI is InChI=1S/C21H23N3O/c1-5-24-18(12-17-8-6-7-15(2)21(17)24)13-23(4)20-10-9-16(14-25)11-19(20)22-3/h6-12,14H,3,5,13H2,1-2,4H3. The lowest BCUT2D eigenvalue weighted by Gasteiger charge is -2.22. The molecule has 0 fully saturated rings. The van der Waals surface area contributed by atoms with Crippen LogP contribution in [0.15, 0.2) is 47.5 Å². The van der Waals surface area contributed by atoms with Gasteiger partial charge in [0, 0.05) is 30.2 Å². The van der Waals surface area contributed by atoms with Crippen molar-refractivity contribution in [1.82, 2.24) is 4.57 Å². The zero-order chi connectivity index (χ0) is 18.0. The van der Waals surface area contributed by atoms with E-state index in [4.69, 9.17) is 0 Å². The van der Waals surface area contributed by atoms with E-state index in [1.807, 2.05) is 19.2 Å². The zero-order valence-electron chi connectivity index (χ0n) is 15.0. The topological polar surface area (TPSA) is 37.6 Å². The van der Waals surface area contributed by atoms with Crippen LogP contribution in [0.5, 0.6) is 0 Å². The summed E-state index contributed by atoms with van der Waals surface area (Å²) in [6.45, 7) is 9.64. The van der Waals surface area contributed by atoms with Gasteiger partial charge in [0.15, 0.2) is 0 Å². The van der Waals surface area contributed by atoms with Gasteiger partial charge in [-0.05, 0) is 50.4 Å². The SMILES string of the molecule is C=Nc1cc(C=O)ccc1N(C)Cc1cc2cccc(C)c2n1CC. The number of aromatic nitrogens is 1. The number of benzene rings is 2. The molecular weight excluding hydrogens is 310 g/mol. The van der Waals surface area contributed by atoms with Gasteiger partial charge in [-0.1, -0.05) is 18.2 Å². The monoisotopic (exact) mass is 333 g/mol. The molecule has 0 radical (unpaired) electrons. The number of carbonyl (C=O) groups excluding carboxylic acids is 1. The van der Waals surface area contributed by atoms with E-state index >= 15 is 0 Å². The van der Waals surface area contributed by atoms with Gasteiger partial charge in [-0.2, -0.15) is 0 Å². The minimum atomic E-state index is 0.609. The number of aryl methyl sites for hydroxylation is 2. The second-order valence-corrected chi connectivity index (χ2v) is 6.27. The highest BCUT2D eigenvalue weighted by Crippen LogP contribution is 2.31. The first-order valence-electron chi connectivity index (χ1n) is 8.43. The lowest BCUT2D eigenvalue weighted by atomic mass is 10.1. The molecule has 0 aliphatic carbocycles. The Bertz CT molecular complexity index is 940. The number of carbonyl (C=O) groups is 1. The van der Waals surface area contributed by atoms with Gasteiger partial charge >= 0.3 is 0 Å². The van der Waals surface area contributed by atoms with E-state index in [2.05, 4.69) is 59.3 Å². The van der Waals surface area contributed by atoms with E-state index in [0.717, 1.165) is 30.8 Å². The van der Waals surface area contributed by atoms with Crippen LogP contribution in [0.4, 0.5) is 11.4 Å². The molecule has 25 heavy (non-hydrogen) atoms. The van der Waals surface area contributed by atoms with Gasteiger partial charge in [0.1, 0.15) is 6.29 Å². The van der Waals surface area contributed by atoms with Crippen molar-refractivity contribution in [3.05, 3.63) is 59.3 Å². The van der Waals surface area contributed by atoms with Crippen LogP contribution in [0.1, 0.15) is 28.5 Å². The quantitative estimate of drug-likeness (QED) is 0.482. The number of hydrogen-bond acceptors (Lipinski definition) is 3. The molecule has 3 rings (SSSR count). The molecule has 0 bridgehead atoms. The maximum atomic E-state index is 11.0. The van der Waals surface area contributed by atoms with E-state index in [1.54, 1.807) is 6.07 Å². The summed E-state index contributed by atoms with van der Waals surface area (Å²) in [5, 5.41) is 1.27. The number of aldehydes is 1. The molecule has 0 aliphatic rings. The second kappa shape index (κ2) is 6.93. The molecule has 0 spiro atoms. The third-order valence-corrected chi connectivity index (χ3v) is 4.64. The maximum absolute atomic E-state index is 11.0. The van der Waals surface area contributed by atoms with Crippen molar-refractivity contribution >= 4 is 35.3 Å². The summed E-state index contributed by atoms with van der Waals surface area (Å²) in [5.74, 6) is 0. The fourth-order valence-electron chi connectivity index (χ4n) is 3.45. The Morgan fingerprint density at radius 1 is 1.24 bits per heavy atom. The van der Waals surface area contributed by atoms with Crippen LogP contribution in [0.3, 0.4) is 0 Å². The molecule has 4 heteroatoms. The summed E-state index contributed by atoms with van der Waals surface area (Å²) in [6, 6.07) is 14.2. The van der Waals surface area contributed by atoms with Crippen molar-refractivity contribution in [1.29, 1.82) is 0 Å². The van der Waals surface area contributed by atoms with Crippen molar-refractivity contribution in [2.24, 2.45) is 4.99 Å². The summed E-state index contributed by atoms with van der Waals surface area (Å²) >= 11 is 0. The highest BCUT2D eigenvalue weighted by atomic mass is 16.1. The zero-order valence-corrected chi connectivity index (χ0v) is 15.0. The lowest BCUT2D eigenvalue weighted by Crippen LogP contribution is -2.19. The largest absolute Gasteiger partial charge is 0.367 e. The van der Waals surface area contributed by atoms with E-state index in [9.17, 15) is 4.79 Å². The normalized spacial score (nSPS) is 10.8. The summed E-state index contributed by atoms with van der Waals surface area (Å²) in [4.78, 5) is 17.2. The summed E-state index contributed by atoms with van der Waals surface area (Å²) in [5.41, 5.74) is 6.14. The number of hydrogen-bond donors (Lipinski definition) is 0. The van der Waals surface area contributed by atoms with Gasteiger partial charge in [0.25, 0.3) is 0 Å². The minimum Gasteiger partial charge on any atom is -0.367 e. The predicted molar refractivity (Wildman–Crippen MR) is 105 cm³/mol. The Balaban J connectivity index is 2.00. The third-order valence-electron chi connectivity index (χ3n) is 4.64. The highest BCUT2D eigenvalue weighted by Gasteiger charge is 2.13. The van der Waals surface area contributed by atoms with E-state index in [0.29, 0.717) is 5.56 Å². The van der Waals surface area contributed by atoms with Crippen molar-refractivity contribution in [2.45, 2.75) is 26.9 Å². The number of aliphatic imine (C=N–C) groups is 1.